The molecule has 0 spiro atoms. The van der Waals surface area contributed by atoms with Gasteiger partial charge in [-0.2, -0.15) is 0 Å². The number of rotatable bonds is 7. The van der Waals surface area contributed by atoms with Crippen LogP contribution in [0.15, 0.2) is 65.1 Å². The summed E-state index contributed by atoms with van der Waals surface area (Å²) in [5, 5.41) is 2.86. The minimum absolute atomic E-state index is 0.0622. The molecular formula is C27H28N2O3. The lowest BCUT2D eigenvalue weighted by molar-refractivity contribution is -0.118. The number of aryl methyl sites for hydroxylation is 2. The standard InChI is InChI=1S/C27H28N2O3/c1-5-19(4)20-6-9-23(10-7-20)31-16-26(30)28-22-8-11-25-24(15-22)29-27(32-25)21-13-17(2)12-18(3)14-21/h6-15,19H,5,16H2,1-4H3,(H,28,30). The molecule has 5 heteroatoms. The number of nitrogens with one attached hydrogen (secondary N) is 1. The van der Waals surface area contributed by atoms with E-state index in [2.05, 4.69) is 44.1 Å². The molecule has 1 N–H and O–H groups in total. The number of amides is 1. The second kappa shape index (κ2) is 9.27. The van der Waals surface area contributed by atoms with Crippen LogP contribution in [-0.4, -0.2) is 17.5 Å². The average molecular weight is 429 g/mol. The number of benzene rings is 3. The zero-order valence-electron chi connectivity index (χ0n) is 18.9. The molecular weight excluding hydrogens is 400 g/mol. The zero-order valence-corrected chi connectivity index (χ0v) is 18.9. The first-order valence-corrected chi connectivity index (χ1v) is 10.9. The van der Waals surface area contributed by atoms with Gasteiger partial charge in [0, 0.05) is 11.3 Å². The summed E-state index contributed by atoms with van der Waals surface area (Å²) in [6.45, 7) is 8.40. The Morgan fingerprint density at radius 2 is 1.75 bits per heavy atom. The molecule has 4 aromatic rings. The van der Waals surface area contributed by atoms with Crippen molar-refractivity contribution >= 4 is 22.7 Å². The molecule has 0 saturated heterocycles. The maximum Gasteiger partial charge on any atom is 0.262 e. The van der Waals surface area contributed by atoms with Crippen molar-refractivity contribution in [2.45, 2.75) is 40.0 Å². The number of anilines is 1. The number of carbonyl (C=O) groups is 1. The molecule has 0 aliphatic carbocycles. The molecule has 0 aliphatic rings. The van der Waals surface area contributed by atoms with Crippen LogP contribution in [0, 0.1) is 13.8 Å². The molecule has 164 valence electrons. The van der Waals surface area contributed by atoms with E-state index in [0.717, 1.165) is 23.1 Å². The van der Waals surface area contributed by atoms with Crippen LogP contribution in [0.25, 0.3) is 22.6 Å². The predicted molar refractivity (Wildman–Crippen MR) is 128 cm³/mol. The highest BCUT2D eigenvalue weighted by atomic mass is 16.5. The fraction of sp³-hybridized carbons (Fsp3) is 0.259. The zero-order chi connectivity index (χ0) is 22.7. The first-order valence-electron chi connectivity index (χ1n) is 10.9. The smallest absolute Gasteiger partial charge is 0.262 e. The minimum atomic E-state index is -0.228. The number of aromatic nitrogens is 1. The maximum atomic E-state index is 12.4. The van der Waals surface area contributed by atoms with Crippen LogP contribution in [0.2, 0.25) is 0 Å². The van der Waals surface area contributed by atoms with Crippen LogP contribution < -0.4 is 10.1 Å². The number of nitrogens with zero attached hydrogens (tertiary/aromatic N) is 1. The Morgan fingerprint density at radius 1 is 1.03 bits per heavy atom. The van der Waals surface area contributed by atoms with E-state index in [4.69, 9.17) is 9.15 Å². The van der Waals surface area contributed by atoms with Gasteiger partial charge >= 0.3 is 0 Å². The first-order chi connectivity index (χ1) is 15.4. The van der Waals surface area contributed by atoms with Crippen molar-refractivity contribution in [3.8, 4) is 17.2 Å². The second-order valence-corrected chi connectivity index (χ2v) is 8.29. The van der Waals surface area contributed by atoms with Crippen molar-refractivity contribution in [1.29, 1.82) is 0 Å². The third-order valence-corrected chi connectivity index (χ3v) is 5.57. The van der Waals surface area contributed by atoms with Gasteiger partial charge in [0.1, 0.15) is 11.3 Å². The summed E-state index contributed by atoms with van der Waals surface area (Å²) in [6.07, 6.45) is 1.09. The summed E-state index contributed by atoms with van der Waals surface area (Å²) in [5.74, 6) is 1.53. The van der Waals surface area contributed by atoms with Crippen molar-refractivity contribution in [1.82, 2.24) is 4.98 Å². The van der Waals surface area contributed by atoms with E-state index >= 15 is 0 Å². The SMILES string of the molecule is CCC(C)c1ccc(OCC(=O)Nc2ccc3oc(-c4cc(C)cc(C)c4)nc3c2)cc1. The van der Waals surface area contributed by atoms with E-state index in [1.165, 1.54) is 5.56 Å². The number of carbonyl (C=O) groups excluding carboxylic acids is 1. The van der Waals surface area contributed by atoms with Crippen LogP contribution in [0.3, 0.4) is 0 Å². The van der Waals surface area contributed by atoms with Gasteiger partial charge in [-0.25, -0.2) is 4.98 Å². The molecule has 0 saturated carbocycles. The first kappa shape index (κ1) is 21.6. The number of hydrogen-bond donors (Lipinski definition) is 1. The molecule has 1 amide bonds. The Balaban J connectivity index is 1.41. The van der Waals surface area contributed by atoms with Crippen molar-refractivity contribution in [2.75, 3.05) is 11.9 Å². The molecule has 0 aliphatic heterocycles. The van der Waals surface area contributed by atoms with Crippen LogP contribution in [0.4, 0.5) is 5.69 Å². The van der Waals surface area contributed by atoms with Crippen molar-refractivity contribution in [3.05, 3.63) is 77.4 Å². The fourth-order valence-electron chi connectivity index (χ4n) is 3.70. The van der Waals surface area contributed by atoms with Crippen molar-refractivity contribution < 1.29 is 13.9 Å². The minimum Gasteiger partial charge on any atom is -0.484 e. The van der Waals surface area contributed by atoms with Crippen LogP contribution in [-0.2, 0) is 4.79 Å². The summed E-state index contributed by atoms with van der Waals surface area (Å²) >= 11 is 0. The van der Waals surface area contributed by atoms with Crippen molar-refractivity contribution in [2.24, 2.45) is 0 Å². The Bertz CT molecular complexity index is 1220. The number of fused-ring (bicyclic) bond motifs is 1. The van der Waals surface area contributed by atoms with E-state index < -0.39 is 0 Å². The van der Waals surface area contributed by atoms with E-state index in [1.54, 1.807) is 6.07 Å². The molecule has 5 nitrogen and oxygen atoms in total. The lowest BCUT2D eigenvalue weighted by Crippen LogP contribution is -2.20. The monoisotopic (exact) mass is 428 g/mol. The van der Waals surface area contributed by atoms with Gasteiger partial charge in [0.2, 0.25) is 5.89 Å². The molecule has 32 heavy (non-hydrogen) atoms. The van der Waals surface area contributed by atoms with E-state index in [1.807, 2.05) is 48.5 Å². The third kappa shape index (κ3) is 4.99. The molecule has 1 atom stereocenters. The Morgan fingerprint density at radius 3 is 2.44 bits per heavy atom. The number of ether oxygens (including phenoxy) is 1. The predicted octanol–water partition coefficient (Wildman–Crippen LogP) is 6.64. The normalized spacial score (nSPS) is 12.0. The molecule has 0 fully saturated rings. The quantitative estimate of drug-likeness (QED) is 0.358. The third-order valence-electron chi connectivity index (χ3n) is 5.57. The lowest BCUT2D eigenvalue weighted by Gasteiger charge is -2.11. The molecule has 1 heterocycles. The Kier molecular flexibility index (Phi) is 6.26. The van der Waals surface area contributed by atoms with Gasteiger partial charge in [0.25, 0.3) is 5.91 Å². The van der Waals surface area contributed by atoms with Gasteiger partial charge in [-0.1, -0.05) is 43.2 Å². The largest absolute Gasteiger partial charge is 0.484 e. The Hall–Kier alpha value is -3.60. The highest BCUT2D eigenvalue weighted by Gasteiger charge is 2.11. The van der Waals surface area contributed by atoms with Gasteiger partial charge in [0.05, 0.1) is 0 Å². The Labute approximate surface area is 188 Å². The van der Waals surface area contributed by atoms with Crippen molar-refractivity contribution in [3.63, 3.8) is 0 Å². The highest BCUT2D eigenvalue weighted by molar-refractivity contribution is 5.94. The number of oxazole rings is 1. The summed E-state index contributed by atoms with van der Waals surface area (Å²) < 4.78 is 11.5. The van der Waals surface area contributed by atoms with E-state index in [-0.39, 0.29) is 12.5 Å². The van der Waals surface area contributed by atoms with E-state index in [9.17, 15) is 4.79 Å². The average Bonchev–Trinajstić information content (AvgIpc) is 3.20. The molecule has 1 unspecified atom stereocenters. The van der Waals surface area contributed by atoms with Gasteiger partial charge < -0.3 is 14.5 Å². The van der Waals surface area contributed by atoms with Crippen LogP contribution in [0.5, 0.6) is 5.75 Å². The molecule has 0 bridgehead atoms. The van der Waals surface area contributed by atoms with Crippen LogP contribution >= 0.6 is 0 Å². The molecule has 3 aromatic carbocycles. The summed E-state index contributed by atoms with van der Waals surface area (Å²) in [4.78, 5) is 17.0. The summed E-state index contributed by atoms with van der Waals surface area (Å²) in [5.41, 5.74) is 6.55. The highest BCUT2D eigenvalue weighted by Crippen LogP contribution is 2.27. The van der Waals surface area contributed by atoms with Crippen LogP contribution in [0.1, 0.15) is 42.9 Å². The van der Waals surface area contributed by atoms with Gasteiger partial charge in [-0.05, 0) is 74.2 Å². The lowest BCUT2D eigenvalue weighted by atomic mass is 9.99. The van der Waals surface area contributed by atoms with Gasteiger partial charge in [-0.15, -0.1) is 0 Å². The molecule has 4 rings (SSSR count). The maximum absolute atomic E-state index is 12.4. The second-order valence-electron chi connectivity index (χ2n) is 8.29. The van der Waals surface area contributed by atoms with Gasteiger partial charge in [-0.3, -0.25) is 4.79 Å². The fourth-order valence-corrected chi connectivity index (χ4v) is 3.70. The summed E-state index contributed by atoms with van der Waals surface area (Å²) in [6, 6.07) is 19.6. The topological polar surface area (TPSA) is 64.4 Å². The summed E-state index contributed by atoms with van der Waals surface area (Å²) in [7, 11) is 0. The van der Waals surface area contributed by atoms with Gasteiger partial charge in [0.15, 0.2) is 12.2 Å². The van der Waals surface area contributed by atoms with E-state index in [0.29, 0.717) is 34.3 Å². The molecule has 1 aromatic heterocycles. The number of hydrogen-bond acceptors (Lipinski definition) is 4. The molecule has 0 radical (unpaired) electrons.